The van der Waals surface area contributed by atoms with E-state index in [1.54, 1.807) is 18.4 Å². The molecule has 2 rings (SSSR count). The number of carbonyl (C=O) groups is 1. The molecular formula is C14H15NO3. The van der Waals surface area contributed by atoms with Gasteiger partial charge < -0.3 is 14.8 Å². The van der Waals surface area contributed by atoms with Crippen molar-refractivity contribution in [3.05, 3.63) is 59.5 Å². The lowest BCUT2D eigenvalue weighted by atomic mass is 10.1. The lowest BCUT2D eigenvalue weighted by Crippen LogP contribution is -2.18. The molecule has 0 aliphatic rings. The normalized spacial score (nSPS) is 10.4. The Bertz CT molecular complexity index is 506. The highest BCUT2D eigenvalue weighted by molar-refractivity contribution is 5.89. The van der Waals surface area contributed by atoms with Crippen LogP contribution in [0.2, 0.25) is 0 Å². The van der Waals surface area contributed by atoms with E-state index in [4.69, 9.17) is 9.52 Å². The Labute approximate surface area is 105 Å². The third-order valence-electron chi connectivity index (χ3n) is 2.69. The van der Waals surface area contributed by atoms with Crippen molar-refractivity contribution < 1.29 is 14.3 Å². The quantitative estimate of drug-likeness (QED) is 0.767. The summed E-state index contributed by atoms with van der Waals surface area (Å²) in [5, 5.41) is 12.2. The van der Waals surface area contributed by atoms with E-state index in [9.17, 15) is 4.79 Å². The van der Waals surface area contributed by atoms with Gasteiger partial charge >= 0.3 is 5.97 Å². The highest BCUT2D eigenvalue weighted by Crippen LogP contribution is 2.08. The summed E-state index contributed by atoms with van der Waals surface area (Å²) in [6.07, 6.45) is 2.44. The van der Waals surface area contributed by atoms with Gasteiger partial charge in [0.05, 0.1) is 11.8 Å². The first-order chi connectivity index (χ1) is 8.77. The first-order valence-corrected chi connectivity index (χ1v) is 5.81. The zero-order valence-corrected chi connectivity index (χ0v) is 9.93. The monoisotopic (exact) mass is 245 g/mol. The van der Waals surface area contributed by atoms with Crippen LogP contribution in [0.25, 0.3) is 0 Å². The molecule has 0 aliphatic carbocycles. The van der Waals surface area contributed by atoms with Crippen LogP contribution < -0.4 is 5.32 Å². The molecule has 0 atom stereocenters. The van der Waals surface area contributed by atoms with E-state index in [0.717, 1.165) is 24.3 Å². The van der Waals surface area contributed by atoms with Crippen LogP contribution in [0, 0.1) is 0 Å². The Kier molecular flexibility index (Phi) is 4.15. The molecule has 94 valence electrons. The summed E-state index contributed by atoms with van der Waals surface area (Å²) in [6, 6.07) is 10.8. The zero-order chi connectivity index (χ0) is 12.8. The molecule has 0 amide bonds. The standard InChI is InChI=1S/C14H15NO3/c16-14(17)13-6-2-1-4-11(13)10-15-8-7-12-5-3-9-18-12/h1-6,9,15H,7-8,10H2,(H,16,17). The smallest absolute Gasteiger partial charge is 0.336 e. The van der Waals surface area contributed by atoms with Crippen LogP contribution in [0.1, 0.15) is 21.7 Å². The average Bonchev–Trinajstić information content (AvgIpc) is 2.88. The fraction of sp³-hybridized carbons (Fsp3) is 0.214. The minimum absolute atomic E-state index is 0.350. The summed E-state index contributed by atoms with van der Waals surface area (Å²) in [7, 11) is 0. The predicted octanol–water partition coefficient (Wildman–Crippen LogP) is 2.31. The van der Waals surface area contributed by atoms with E-state index in [0.29, 0.717) is 12.1 Å². The van der Waals surface area contributed by atoms with Crippen molar-refractivity contribution in [2.45, 2.75) is 13.0 Å². The van der Waals surface area contributed by atoms with Gasteiger partial charge in [-0.2, -0.15) is 0 Å². The van der Waals surface area contributed by atoms with E-state index in [-0.39, 0.29) is 0 Å². The fourth-order valence-electron chi connectivity index (χ4n) is 1.77. The molecule has 1 heterocycles. The van der Waals surface area contributed by atoms with E-state index in [1.807, 2.05) is 24.3 Å². The van der Waals surface area contributed by atoms with Crippen LogP contribution in [-0.2, 0) is 13.0 Å². The minimum Gasteiger partial charge on any atom is -0.478 e. The lowest BCUT2D eigenvalue weighted by molar-refractivity contribution is 0.0695. The van der Waals surface area contributed by atoms with Gasteiger partial charge in [0.25, 0.3) is 0 Å². The van der Waals surface area contributed by atoms with Crippen molar-refractivity contribution in [1.82, 2.24) is 5.32 Å². The van der Waals surface area contributed by atoms with Crippen molar-refractivity contribution in [2.75, 3.05) is 6.54 Å². The number of hydrogen-bond acceptors (Lipinski definition) is 3. The molecule has 0 radical (unpaired) electrons. The van der Waals surface area contributed by atoms with Crippen molar-refractivity contribution >= 4 is 5.97 Å². The first-order valence-electron chi connectivity index (χ1n) is 5.81. The number of aromatic carboxylic acids is 1. The van der Waals surface area contributed by atoms with Gasteiger partial charge in [-0.05, 0) is 23.8 Å². The van der Waals surface area contributed by atoms with Crippen LogP contribution in [0.3, 0.4) is 0 Å². The first kappa shape index (κ1) is 12.4. The summed E-state index contributed by atoms with van der Waals surface area (Å²) in [6.45, 7) is 1.30. The van der Waals surface area contributed by atoms with Crippen LogP contribution in [0.4, 0.5) is 0 Å². The molecule has 0 bridgehead atoms. The maximum Gasteiger partial charge on any atom is 0.336 e. The van der Waals surface area contributed by atoms with Crippen LogP contribution in [0.5, 0.6) is 0 Å². The maximum atomic E-state index is 11.0. The van der Waals surface area contributed by atoms with E-state index >= 15 is 0 Å². The van der Waals surface area contributed by atoms with Crippen LogP contribution in [-0.4, -0.2) is 17.6 Å². The predicted molar refractivity (Wildman–Crippen MR) is 67.5 cm³/mol. The Morgan fingerprint density at radius 3 is 2.78 bits per heavy atom. The SMILES string of the molecule is O=C(O)c1ccccc1CNCCc1ccco1. The highest BCUT2D eigenvalue weighted by atomic mass is 16.4. The molecule has 0 unspecified atom stereocenters. The van der Waals surface area contributed by atoms with Crippen LogP contribution in [0.15, 0.2) is 47.1 Å². The molecule has 0 saturated carbocycles. The second-order valence-electron chi connectivity index (χ2n) is 3.97. The summed E-state index contributed by atoms with van der Waals surface area (Å²) < 4.78 is 5.21. The van der Waals surface area contributed by atoms with Gasteiger partial charge in [0, 0.05) is 19.5 Å². The van der Waals surface area contributed by atoms with E-state index in [1.165, 1.54) is 0 Å². The number of nitrogens with one attached hydrogen (secondary N) is 1. The van der Waals surface area contributed by atoms with Gasteiger partial charge in [-0.1, -0.05) is 18.2 Å². The van der Waals surface area contributed by atoms with Gasteiger partial charge in [-0.15, -0.1) is 0 Å². The Hall–Kier alpha value is -2.07. The lowest BCUT2D eigenvalue weighted by Gasteiger charge is -2.07. The molecule has 4 heteroatoms. The molecular weight excluding hydrogens is 230 g/mol. The summed E-state index contributed by atoms with van der Waals surface area (Å²) in [4.78, 5) is 11.0. The van der Waals surface area contributed by atoms with Crippen molar-refractivity contribution in [2.24, 2.45) is 0 Å². The number of carboxylic acid groups (broad SMARTS) is 1. The summed E-state index contributed by atoms with van der Waals surface area (Å²) in [5.41, 5.74) is 1.15. The Balaban J connectivity index is 1.85. The molecule has 2 N–H and O–H groups in total. The van der Waals surface area contributed by atoms with Gasteiger partial charge in [-0.3, -0.25) is 0 Å². The van der Waals surface area contributed by atoms with E-state index < -0.39 is 5.97 Å². The van der Waals surface area contributed by atoms with Crippen molar-refractivity contribution in [3.63, 3.8) is 0 Å². The largest absolute Gasteiger partial charge is 0.478 e. The average molecular weight is 245 g/mol. The van der Waals surface area contributed by atoms with Gasteiger partial charge in [0.1, 0.15) is 5.76 Å². The van der Waals surface area contributed by atoms with Crippen molar-refractivity contribution in [3.8, 4) is 0 Å². The van der Waals surface area contributed by atoms with E-state index in [2.05, 4.69) is 5.32 Å². The minimum atomic E-state index is -0.890. The number of benzene rings is 1. The summed E-state index contributed by atoms with van der Waals surface area (Å²) >= 11 is 0. The van der Waals surface area contributed by atoms with Crippen LogP contribution >= 0.6 is 0 Å². The maximum absolute atomic E-state index is 11.0. The van der Waals surface area contributed by atoms with Gasteiger partial charge in [0.15, 0.2) is 0 Å². The van der Waals surface area contributed by atoms with Gasteiger partial charge in [-0.25, -0.2) is 4.79 Å². The zero-order valence-electron chi connectivity index (χ0n) is 9.93. The molecule has 0 aliphatic heterocycles. The third-order valence-corrected chi connectivity index (χ3v) is 2.69. The second-order valence-corrected chi connectivity index (χ2v) is 3.97. The Morgan fingerprint density at radius 1 is 1.22 bits per heavy atom. The highest BCUT2D eigenvalue weighted by Gasteiger charge is 2.07. The van der Waals surface area contributed by atoms with Gasteiger partial charge in [0.2, 0.25) is 0 Å². The topological polar surface area (TPSA) is 62.5 Å². The van der Waals surface area contributed by atoms with Crippen molar-refractivity contribution in [1.29, 1.82) is 0 Å². The fourth-order valence-corrected chi connectivity index (χ4v) is 1.77. The third kappa shape index (κ3) is 3.21. The summed E-state index contributed by atoms with van der Waals surface area (Å²) in [5.74, 6) is 0.0347. The number of furan rings is 1. The molecule has 1 aromatic heterocycles. The number of carboxylic acids is 1. The number of rotatable bonds is 6. The number of hydrogen-bond donors (Lipinski definition) is 2. The Morgan fingerprint density at radius 2 is 2.06 bits per heavy atom. The molecule has 1 aromatic carbocycles. The molecule has 0 spiro atoms. The molecule has 18 heavy (non-hydrogen) atoms. The molecule has 4 nitrogen and oxygen atoms in total. The molecule has 0 saturated heterocycles. The molecule has 2 aromatic rings. The second kappa shape index (κ2) is 6.02. The molecule has 0 fully saturated rings.